The minimum atomic E-state index is -0.658. The van der Waals surface area contributed by atoms with Crippen LogP contribution in [0.2, 0.25) is 0 Å². The van der Waals surface area contributed by atoms with Gasteiger partial charge in [-0.2, -0.15) is 0 Å². The number of urea groups is 1. The lowest BCUT2D eigenvalue weighted by molar-refractivity contribution is -0.134. The number of benzene rings is 1. The number of hydrogen-bond acceptors (Lipinski definition) is 4. The Morgan fingerprint density at radius 3 is 2.50 bits per heavy atom. The first kappa shape index (κ1) is 17.1. The molecule has 2 bridgehead atoms. The Morgan fingerprint density at radius 1 is 1.19 bits per heavy atom. The fourth-order valence-corrected chi connectivity index (χ4v) is 5.11. The standard InChI is InChI=1S/C19H26N4O3/c1-26-14-4-2-12(3-5-14)15-11-23(16(24)10-21-19(20)25)17-13-6-8-22(9-7-13)18(15)17/h2-5,13,15,17-18H,6-11H2,1H3,(H3,20,21,25)/t15-,17+,18+/m0/s1. The van der Waals surface area contributed by atoms with Crippen molar-refractivity contribution in [2.75, 3.05) is 33.3 Å². The van der Waals surface area contributed by atoms with E-state index in [9.17, 15) is 9.59 Å². The first-order valence-corrected chi connectivity index (χ1v) is 9.29. The Balaban J connectivity index is 1.60. The number of likely N-dealkylation sites (tertiary alicyclic amines) is 1. The van der Waals surface area contributed by atoms with Crippen LogP contribution in [-0.2, 0) is 4.79 Å². The fraction of sp³-hybridized carbons (Fsp3) is 0.579. The van der Waals surface area contributed by atoms with E-state index in [0.29, 0.717) is 18.5 Å². The smallest absolute Gasteiger partial charge is 0.312 e. The zero-order chi connectivity index (χ0) is 18.3. The zero-order valence-corrected chi connectivity index (χ0v) is 15.1. The predicted molar refractivity (Wildman–Crippen MR) is 96.9 cm³/mol. The van der Waals surface area contributed by atoms with E-state index in [4.69, 9.17) is 10.5 Å². The lowest BCUT2D eigenvalue weighted by Gasteiger charge is -2.51. The van der Waals surface area contributed by atoms with Gasteiger partial charge in [-0.15, -0.1) is 0 Å². The second kappa shape index (κ2) is 6.79. The molecule has 0 spiro atoms. The molecule has 3 atom stereocenters. The quantitative estimate of drug-likeness (QED) is 0.831. The number of nitrogens with two attached hydrogens (primary N) is 1. The molecule has 0 aromatic heterocycles. The van der Waals surface area contributed by atoms with Gasteiger partial charge in [0, 0.05) is 18.5 Å². The summed E-state index contributed by atoms with van der Waals surface area (Å²) in [5.41, 5.74) is 6.38. The van der Waals surface area contributed by atoms with Crippen LogP contribution in [0.5, 0.6) is 5.75 Å². The molecule has 4 heterocycles. The average molecular weight is 358 g/mol. The fourth-order valence-electron chi connectivity index (χ4n) is 5.11. The van der Waals surface area contributed by atoms with Crippen molar-refractivity contribution in [2.45, 2.75) is 30.8 Å². The first-order chi connectivity index (χ1) is 12.6. The summed E-state index contributed by atoms with van der Waals surface area (Å²) >= 11 is 0. The number of piperidine rings is 3. The van der Waals surface area contributed by atoms with Crippen LogP contribution in [0, 0.1) is 5.92 Å². The van der Waals surface area contributed by atoms with E-state index in [1.165, 1.54) is 5.56 Å². The molecule has 0 unspecified atom stereocenters. The summed E-state index contributed by atoms with van der Waals surface area (Å²) < 4.78 is 5.27. The topological polar surface area (TPSA) is 87.9 Å². The first-order valence-electron chi connectivity index (χ1n) is 9.29. The van der Waals surface area contributed by atoms with Gasteiger partial charge >= 0.3 is 6.03 Å². The van der Waals surface area contributed by atoms with Gasteiger partial charge in [-0.05, 0) is 49.5 Å². The molecule has 7 nitrogen and oxygen atoms in total. The molecule has 0 radical (unpaired) electrons. The molecule has 1 aromatic carbocycles. The van der Waals surface area contributed by atoms with Crippen LogP contribution in [0.1, 0.15) is 24.3 Å². The molecule has 0 aliphatic carbocycles. The van der Waals surface area contributed by atoms with Crippen molar-refractivity contribution >= 4 is 11.9 Å². The summed E-state index contributed by atoms with van der Waals surface area (Å²) in [5.74, 6) is 1.63. The maximum absolute atomic E-state index is 12.8. The van der Waals surface area contributed by atoms with Crippen LogP contribution >= 0.6 is 0 Å². The van der Waals surface area contributed by atoms with Crippen molar-refractivity contribution in [1.82, 2.24) is 15.1 Å². The van der Waals surface area contributed by atoms with Crippen molar-refractivity contribution in [2.24, 2.45) is 11.7 Å². The zero-order valence-electron chi connectivity index (χ0n) is 15.1. The van der Waals surface area contributed by atoms with E-state index >= 15 is 0 Å². The highest BCUT2D eigenvalue weighted by Crippen LogP contribution is 2.46. The van der Waals surface area contributed by atoms with Gasteiger partial charge in [-0.1, -0.05) is 12.1 Å². The van der Waals surface area contributed by atoms with Crippen LogP contribution in [0.4, 0.5) is 4.79 Å². The number of nitrogens with zero attached hydrogens (tertiary/aromatic N) is 2. The SMILES string of the molecule is COc1ccc([C@@H]2CN(C(=O)CNC(N)=O)[C@@H]3C4CCN(CC4)[C@@H]32)cc1. The molecule has 3 N–H and O–H groups in total. The summed E-state index contributed by atoms with van der Waals surface area (Å²) in [7, 11) is 1.67. The second-order valence-electron chi connectivity index (χ2n) is 7.50. The third kappa shape index (κ3) is 2.90. The van der Waals surface area contributed by atoms with Gasteiger partial charge in [-0.3, -0.25) is 9.69 Å². The molecule has 0 saturated carbocycles. The van der Waals surface area contributed by atoms with Crippen molar-refractivity contribution in [3.63, 3.8) is 0 Å². The van der Waals surface area contributed by atoms with E-state index in [1.807, 2.05) is 17.0 Å². The molecule has 4 fully saturated rings. The Morgan fingerprint density at radius 2 is 1.88 bits per heavy atom. The van der Waals surface area contributed by atoms with Crippen LogP contribution in [0.15, 0.2) is 24.3 Å². The van der Waals surface area contributed by atoms with E-state index in [0.717, 1.165) is 31.7 Å². The Bertz CT molecular complexity index is 685. The van der Waals surface area contributed by atoms with Crippen LogP contribution in [0.3, 0.4) is 0 Å². The van der Waals surface area contributed by atoms with Gasteiger partial charge in [0.2, 0.25) is 5.91 Å². The van der Waals surface area contributed by atoms with Crippen molar-refractivity contribution in [3.8, 4) is 5.75 Å². The third-order valence-corrected chi connectivity index (χ3v) is 6.27. The van der Waals surface area contributed by atoms with Gasteiger partial charge in [0.25, 0.3) is 0 Å². The minimum absolute atomic E-state index is 0.0272. The molecule has 4 aliphatic rings. The number of primary amides is 1. The Hall–Kier alpha value is -2.28. The van der Waals surface area contributed by atoms with E-state index in [1.54, 1.807) is 7.11 Å². The molecule has 140 valence electrons. The average Bonchev–Trinajstić information content (AvgIpc) is 3.10. The largest absolute Gasteiger partial charge is 0.497 e. The number of hydrogen-bond donors (Lipinski definition) is 2. The molecular weight excluding hydrogens is 332 g/mol. The molecule has 4 aliphatic heterocycles. The number of nitrogens with one attached hydrogen (secondary N) is 1. The highest BCUT2D eigenvalue weighted by molar-refractivity contribution is 5.84. The van der Waals surface area contributed by atoms with Crippen molar-refractivity contribution < 1.29 is 14.3 Å². The predicted octanol–water partition coefficient (Wildman–Crippen LogP) is 0.752. The maximum Gasteiger partial charge on any atom is 0.312 e. The number of carbonyl (C=O) groups is 2. The molecule has 7 heteroatoms. The summed E-state index contributed by atoms with van der Waals surface area (Å²) in [6, 6.07) is 8.12. The monoisotopic (exact) mass is 358 g/mol. The van der Waals surface area contributed by atoms with E-state index in [2.05, 4.69) is 22.3 Å². The van der Waals surface area contributed by atoms with Gasteiger partial charge in [0.15, 0.2) is 0 Å². The molecule has 3 amide bonds. The second-order valence-corrected chi connectivity index (χ2v) is 7.50. The minimum Gasteiger partial charge on any atom is -0.497 e. The lowest BCUT2D eigenvalue weighted by atomic mass is 9.75. The van der Waals surface area contributed by atoms with Crippen molar-refractivity contribution in [3.05, 3.63) is 29.8 Å². The number of carbonyl (C=O) groups excluding carboxylic acids is 2. The van der Waals surface area contributed by atoms with Crippen LogP contribution in [0.25, 0.3) is 0 Å². The molecule has 4 saturated heterocycles. The molecule has 26 heavy (non-hydrogen) atoms. The highest BCUT2D eigenvalue weighted by atomic mass is 16.5. The van der Waals surface area contributed by atoms with E-state index < -0.39 is 6.03 Å². The van der Waals surface area contributed by atoms with Gasteiger partial charge < -0.3 is 20.7 Å². The van der Waals surface area contributed by atoms with Crippen LogP contribution < -0.4 is 15.8 Å². The van der Waals surface area contributed by atoms with Crippen molar-refractivity contribution in [1.29, 1.82) is 0 Å². The number of ether oxygens (including phenoxy) is 1. The molecule has 1 aromatic rings. The van der Waals surface area contributed by atoms with Crippen LogP contribution in [-0.4, -0.2) is 67.1 Å². The van der Waals surface area contributed by atoms with Gasteiger partial charge in [0.05, 0.1) is 19.7 Å². The summed E-state index contributed by atoms with van der Waals surface area (Å²) in [6.07, 6.45) is 2.28. The maximum atomic E-state index is 12.8. The third-order valence-electron chi connectivity index (χ3n) is 6.27. The van der Waals surface area contributed by atoms with E-state index in [-0.39, 0.29) is 24.4 Å². The highest BCUT2D eigenvalue weighted by Gasteiger charge is 2.54. The van der Waals surface area contributed by atoms with Gasteiger partial charge in [-0.25, -0.2) is 4.79 Å². The number of amides is 3. The summed E-state index contributed by atoms with van der Waals surface area (Å²) in [5, 5.41) is 2.45. The lowest BCUT2D eigenvalue weighted by Crippen LogP contribution is -2.61. The summed E-state index contributed by atoms with van der Waals surface area (Å²) in [6.45, 7) is 2.88. The molecular formula is C19H26N4O3. The Kier molecular flexibility index (Phi) is 4.48. The normalized spacial score (nSPS) is 32.2. The Labute approximate surface area is 153 Å². The number of methoxy groups -OCH3 is 1. The molecule has 5 rings (SSSR count). The number of rotatable bonds is 4. The van der Waals surface area contributed by atoms with Gasteiger partial charge in [0.1, 0.15) is 5.75 Å². The number of fused-ring (bicyclic) bond motifs is 2. The summed E-state index contributed by atoms with van der Waals surface area (Å²) in [4.78, 5) is 28.3.